The predicted octanol–water partition coefficient (Wildman–Crippen LogP) is 1.15. The molecule has 0 saturated carbocycles. The number of sulfonamides is 1. The average molecular weight is 339 g/mol. The first kappa shape index (κ1) is 20.1. The van der Waals surface area contributed by atoms with Crippen LogP contribution in [0.3, 0.4) is 0 Å². The van der Waals surface area contributed by atoms with Gasteiger partial charge < -0.3 is 15.2 Å². The Kier molecular flexibility index (Phi) is 10.4. The summed E-state index contributed by atoms with van der Waals surface area (Å²) in [6.07, 6.45) is 0.609. The van der Waals surface area contributed by atoms with Crippen LogP contribution >= 0.6 is 12.4 Å². The molecule has 0 unspecified atom stereocenters. The van der Waals surface area contributed by atoms with Crippen LogP contribution in [0.2, 0.25) is 0 Å². The van der Waals surface area contributed by atoms with Gasteiger partial charge in [0.15, 0.2) is 0 Å². The lowest BCUT2D eigenvalue weighted by atomic mass is 10.3. The summed E-state index contributed by atoms with van der Waals surface area (Å²) in [5.41, 5.74) is 5.32. The number of nitrogens with two attached hydrogens (primary N) is 1. The van der Waals surface area contributed by atoms with Crippen molar-refractivity contribution in [3.63, 3.8) is 0 Å². The zero-order valence-corrected chi connectivity index (χ0v) is 13.7. The fourth-order valence-electron chi connectivity index (χ4n) is 1.47. The van der Waals surface area contributed by atoms with E-state index < -0.39 is 10.0 Å². The van der Waals surface area contributed by atoms with Gasteiger partial charge in [-0.05, 0) is 44.2 Å². The third kappa shape index (κ3) is 7.63. The molecule has 0 heterocycles. The average Bonchev–Trinajstić information content (AvgIpc) is 2.44. The van der Waals surface area contributed by atoms with Crippen molar-refractivity contribution in [1.82, 2.24) is 4.72 Å². The predicted molar refractivity (Wildman–Crippen MR) is 84.5 cm³/mol. The molecule has 0 bridgehead atoms. The van der Waals surface area contributed by atoms with Crippen LogP contribution in [-0.2, 0) is 14.8 Å². The highest BCUT2D eigenvalue weighted by Gasteiger charge is 2.12. The second kappa shape index (κ2) is 10.8. The summed E-state index contributed by atoms with van der Waals surface area (Å²) in [6.45, 7) is 4.30. The second-order valence-electron chi connectivity index (χ2n) is 4.06. The molecule has 0 aliphatic rings. The van der Waals surface area contributed by atoms with E-state index in [-0.39, 0.29) is 17.3 Å². The van der Waals surface area contributed by atoms with E-state index in [1.807, 2.05) is 6.92 Å². The van der Waals surface area contributed by atoms with Gasteiger partial charge in [0.05, 0.1) is 11.5 Å². The van der Waals surface area contributed by atoms with Gasteiger partial charge >= 0.3 is 0 Å². The molecule has 0 aliphatic carbocycles. The number of ether oxygens (including phenoxy) is 2. The van der Waals surface area contributed by atoms with Crippen LogP contribution in [0.5, 0.6) is 5.75 Å². The quantitative estimate of drug-likeness (QED) is 0.624. The van der Waals surface area contributed by atoms with E-state index in [9.17, 15) is 8.42 Å². The minimum absolute atomic E-state index is 0. The van der Waals surface area contributed by atoms with Crippen LogP contribution < -0.4 is 15.2 Å². The Morgan fingerprint density at radius 1 is 1.19 bits per heavy atom. The molecule has 0 atom stereocenters. The Morgan fingerprint density at radius 3 is 2.43 bits per heavy atom. The summed E-state index contributed by atoms with van der Waals surface area (Å²) in [5.74, 6) is 0.616. The number of hydrogen-bond donors (Lipinski definition) is 2. The molecular weight excluding hydrogens is 316 g/mol. The first-order valence-corrected chi connectivity index (χ1v) is 8.09. The zero-order valence-electron chi connectivity index (χ0n) is 12.1. The number of hydrogen-bond acceptors (Lipinski definition) is 5. The van der Waals surface area contributed by atoms with E-state index in [1.54, 1.807) is 12.1 Å². The van der Waals surface area contributed by atoms with Crippen molar-refractivity contribution in [2.24, 2.45) is 5.73 Å². The van der Waals surface area contributed by atoms with Crippen molar-refractivity contribution in [3.05, 3.63) is 24.3 Å². The van der Waals surface area contributed by atoms with Gasteiger partial charge in [-0.1, -0.05) is 0 Å². The van der Waals surface area contributed by atoms with E-state index in [0.717, 1.165) is 0 Å². The molecule has 21 heavy (non-hydrogen) atoms. The molecule has 1 aromatic rings. The topological polar surface area (TPSA) is 90.6 Å². The van der Waals surface area contributed by atoms with Crippen molar-refractivity contribution in [2.45, 2.75) is 18.2 Å². The highest BCUT2D eigenvalue weighted by Crippen LogP contribution is 2.15. The van der Waals surface area contributed by atoms with E-state index in [0.29, 0.717) is 45.1 Å². The van der Waals surface area contributed by atoms with Crippen molar-refractivity contribution in [1.29, 1.82) is 0 Å². The zero-order chi connectivity index (χ0) is 14.8. The smallest absolute Gasteiger partial charge is 0.240 e. The summed E-state index contributed by atoms with van der Waals surface area (Å²) in [4.78, 5) is 0.215. The lowest BCUT2D eigenvalue weighted by Crippen LogP contribution is -2.26. The highest BCUT2D eigenvalue weighted by atomic mass is 35.5. The van der Waals surface area contributed by atoms with Crippen LogP contribution in [0.15, 0.2) is 29.2 Å². The van der Waals surface area contributed by atoms with Crippen molar-refractivity contribution < 1.29 is 17.9 Å². The maximum atomic E-state index is 11.9. The lowest BCUT2D eigenvalue weighted by Gasteiger charge is -2.08. The molecule has 6 nitrogen and oxygen atoms in total. The van der Waals surface area contributed by atoms with Crippen LogP contribution in [0.1, 0.15) is 13.3 Å². The minimum Gasteiger partial charge on any atom is -0.491 e. The van der Waals surface area contributed by atoms with Gasteiger partial charge in [-0.2, -0.15) is 0 Å². The van der Waals surface area contributed by atoms with Gasteiger partial charge in [-0.3, -0.25) is 0 Å². The standard InChI is InChI=1S/C13H22N2O4S.ClH/c1-2-18-10-11-19-12-4-6-13(7-5-12)20(16,17)15-9-3-8-14;/h4-7,15H,2-3,8-11,14H2,1H3;1H. The largest absolute Gasteiger partial charge is 0.491 e. The molecule has 0 spiro atoms. The number of halogens is 1. The van der Waals surface area contributed by atoms with Gasteiger partial charge in [0, 0.05) is 13.2 Å². The maximum absolute atomic E-state index is 11.9. The van der Waals surface area contributed by atoms with E-state index in [4.69, 9.17) is 15.2 Å². The van der Waals surface area contributed by atoms with Gasteiger partial charge in [-0.25, -0.2) is 13.1 Å². The molecule has 0 saturated heterocycles. The fraction of sp³-hybridized carbons (Fsp3) is 0.538. The van der Waals surface area contributed by atoms with Gasteiger partial charge in [0.1, 0.15) is 12.4 Å². The molecule has 0 aliphatic heterocycles. The lowest BCUT2D eigenvalue weighted by molar-refractivity contribution is 0.110. The Labute approximate surface area is 132 Å². The van der Waals surface area contributed by atoms with Gasteiger partial charge in [-0.15, -0.1) is 12.4 Å². The summed E-state index contributed by atoms with van der Waals surface area (Å²) in [5, 5.41) is 0. The molecular formula is C13H23ClN2O4S. The molecule has 0 amide bonds. The summed E-state index contributed by atoms with van der Waals surface area (Å²) >= 11 is 0. The van der Waals surface area contributed by atoms with E-state index in [1.165, 1.54) is 12.1 Å². The number of nitrogens with one attached hydrogen (secondary N) is 1. The van der Waals surface area contributed by atoms with Crippen LogP contribution in [-0.4, -0.2) is 41.3 Å². The SMILES string of the molecule is CCOCCOc1ccc(S(=O)(=O)NCCCN)cc1.Cl. The molecule has 0 aromatic heterocycles. The fourth-order valence-corrected chi connectivity index (χ4v) is 2.54. The Balaban J connectivity index is 0.00000400. The summed E-state index contributed by atoms with van der Waals surface area (Å²) in [6, 6.07) is 6.29. The Morgan fingerprint density at radius 2 is 1.86 bits per heavy atom. The van der Waals surface area contributed by atoms with Gasteiger partial charge in [0.25, 0.3) is 0 Å². The summed E-state index contributed by atoms with van der Waals surface area (Å²) < 4.78 is 36.9. The minimum atomic E-state index is -3.46. The van der Waals surface area contributed by atoms with Crippen LogP contribution in [0.25, 0.3) is 0 Å². The highest BCUT2D eigenvalue weighted by molar-refractivity contribution is 7.89. The van der Waals surface area contributed by atoms with E-state index in [2.05, 4.69) is 4.72 Å². The molecule has 8 heteroatoms. The third-order valence-corrected chi connectivity index (χ3v) is 3.98. The van der Waals surface area contributed by atoms with Crippen molar-refractivity contribution in [2.75, 3.05) is 32.9 Å². The molecule has 122 valence electrons. The first-order valence-electron chi connectivity index (χ1n) is 6.60. The molecule has 0 fully saturated rings. The molecule has 0 radical (unpaired) electrons. The Hall–Kier alpha value is -0.860. The Bertz CT molecular complexity index is 479. The molecule has 1 rings (SSSR count). The van der Waals surface area contributed by atoms with Gasteiger partial charge in [0.2, 0.25) is 10.0 Å². The first-order chi connectivity index (χ1) is 9.60. The molecule has 1 aromatic carbocycles. The number of rotatable bonds is 10. The van der Waals surface area contributed by atoms with Crippen molar-refractivity contribution >= 4 is 22.4 Å². The maximum Gasteiger partial charge on any atom is 0.240 e. The van der Waals surface area contributed by atoms with E-state index >= 15 is 0 Å². The van der Waals surface area contributed by atoms with Crippen LogP contribution in [0, 0.1) is 0 Å². The monoisotopic (exact) mass is 338 g/mol. The number of benzene rings is 1. The van der Waals surface area contributed by atoms with Crippen molar-refractivity contribution in [3.8, 4) is 5.75 Å². The normalized spacial score (nSPS) is 11.0. The third-order valence-electron chi connectivity index (χ3n) is 2.51. The molecule has 3 N–H and O–H groups in total. The second-order valence-corrected chi connectivity index (χ2v) is 5.82. The van der Waals surface area contributed by atoms with Crippen LogP contribution in [0.4, 0.5) is 0 Å². The summed E-state index contributed by atoms with van der Waals surface area (Å²) in [7, 11) is -3.46.